The number of aryl methyl sites for hydroxylation is 3. The van der Waals surface area contributed by atoms with Gasteiger partial charge in [0, 0.05) is 31.0 Å². The Morgan fingerprint density at radius 3 is 2.70 bits per heavy atom. The number of benzene rings is 1. The summed E-state index contributed by atoms with van der Waals surface area (Å²) in [4.78, 5) is 21.4. The van der Waals surface area contributed by atoms with Gasteiger partial charge in [0.05, 0.1) is 0 Å². The highest BCUT2D eigenvalue weighted by Gasteiger charge is 2.24. The van der Waals surface area contributed by atoms with Crippen LogP contribution in [0.15, 0.2) is 36.7 Å². The van der Waals surface area contributed by atoms with Gasteiger partial charge in [-0.2, -0.15) is 0 Å². The monoisotopic (exact) mass is 365 g/mol. The molecule has 144 valence electrons. The van der Waals surface area contributed by atoms with Crippen molar-refractivity contribution >= 4 is 5.91 Å². The molecule has 0 N–H and O–H groups in total. The van der Waals surface area contributed by atoms with Crippen LogP contribution in [-0.2, 0) is 12.8 Å². The lowest BCUT2D eigenvalue weighted by Crippen LogP contribution is -2.39. The lowest BCUT2D eigenvalue weighted by molar-refractivity contribution is 0.0733. The summed E-state index contributed by atoms with van der Waals surface area (Å²) in [5.41, 5.74) is 5.91. The van der Waals surface area contributed by atoms with Gasteiger partial charge in [-0.05, 0) is 94.1 Å². The first-order valence-electron chi connectivity index (χ1n) is 10.0. The van der Waals surface area contributed by atoms with Crippen LogP contribution in [0.2, 0.25) is 0 Å². The molecule has 0 unspecified atom stereocenters. The fourth-order valence-corrected chi connectivity index (χ4v) is 3.76. The first kappa shape index (κ1) is 19.6. The van der Waals surface area contributed by atoms with Crippen molar-refractivity contribution in [3.63, 3.8) is 0 Å². The van der Waals surface area contributed by atoms with Crippen molar-refractivity contribution in [2.24, 2.45) is 0 Å². The Morgan fingerprint density at radius 1 is 1.15 bits per heavy atom. The Hall–Kier alpha value is -2.20. The maximum absolute atomic E-state index is 12.8. The van der Waals surface area contributed by atoms with E-state index in [1.165, 1.54) is 22.3 Å². The molecule has 1 aromatic heterocycles. The third-order valence-corrected chi connectivity index (χ3v) is 5.58. The van der Waals surface area contributed by atoms with Gasteiger partial charge >= 0.3 is 0 Å². The molecule has 0 aliphatic carbocycles. The van der Waals surface area contributed by atoms with Crippen molar-refractivity contribution in [2.75, 3.05) is 33.2 Å². The maximum atomic E-state index is 12.8. The third-order valence-electron chi connectivity index (χ3n) is 5.58. The van der Waals surface area contributed by atoms with Gasteiger partial charge in [0.1, 0.15) is 0 Å². The molecule has 3 rings (SSSR count). The van der Waals surface area contributed by atoms with Gasteiger partial charge in [0.2, 0.25) is 0 Å². The molecule has 27 heavy (non-hydrogen) atoms. The molecule has 1 aliphatic rings. The number of rotatable bonds is 8. The van der Waals surface area contributed by atoms with E-state index >= 15 is 0 Å². The van der Waals surface area contributed by atoms with Crippen molar-refractivity contribution in [3.8, 4) is 0 Å². The Labute approximate surface area is 163 Å². The zero-order chi connectivity index (χ0) is 19.2. The minimum absolute atomic E-state index is 0.207. The van der Waals surface area contributed by atoms with Crippen molar-refractivity contribution in [1.82, 2.24) is 14.8 Å². The molecule has 0 spiro atoms. The number of hydrogen-bond donors (Lipinski definition) is 0. The highest BCUT2D eigenvalue weighted by Crippen LogP contribution is 2.23. The Morgan fingerprint density at radius 2 is 1.93 bits per heavy atom. The quantitative estimate of drug-likeness (QED) is 0.716. The van der Waals surface area contributed by atoms with Gasteiger partial charge in [-0.25, -0.2) is 0 Å². The number of carbonyl (C=O) groups excluding carboxylic acids is 1. The van der Waals surface area contributed by atoms with Gasteiger partial charge in [0.25, 0.3) is 5.91 Å². The minimum atomic E-state index is 0.207. The summed E-state index contributed by atoms with van der Waals surface area (Å²) in [6, 6.07) is 8.39. The molecule has 0 saturated heterocycles. The van der Waals surface area contributed by atoms with Crippen molar-refractivity contribution in [1.29, 1.82) is 0 Å². The number of carbonyl (C=O) groups is 1. The summed E-state index contributed by atoms with van der Waals surface area (Å²) in [6.45, 7) is 8.00. The van der Waals surface area contributed by atoms with E-state index in [0.717, 1.165) is 57.4 Å². The van der Waals surface area contributed by atoms with Crippen LogP contribution in [0.1, 0.15) is 45.5 Å². The standard InChI is InChI=1S/C23H31N3O/c1-18-15-21-9-14-26(23(27)22(21)16-19(18)2)13-6-12-25(3)11-5-8-20-7-4-10-24-17-20/h4,7,10,15-17H,5-6,8-9,11-14H2,1-3H3. The third kappa shape index (κ3) is 5.16. The number of hydrogen-bond acceptors (Lipinski definition) is 3. The zero-order valence-electron chi connectivity index (χ0n) is 16.9. The summed E-state index contributed by atoms with van der Waals surface area (Å²) < 4.78 is 0. The average molecular weight is 366 g/mol. The predicted octanol–water partition coefficient (Wildman–Crippen LogP) is 3.65. The number of aromatic nitrogens is 1. The van der Waals surface area contributed by atoms with E-state index in [9.17, 15) is 4.79 Å². The van der Waals surface area contributed by atoms with Crippen LogP contribution in [0.25, 0.3) is 0 Å². The number of nitrogens with zero attached hydrogens (tertiary/aromatic N) is 3. The van der Waals surface area contributed by atoms with Crippen LogP contribution >= 0.6 is 0 Å². The zero-order valence-corrected chi connectivity index (χ0v) is 16.9. The summed E-state index contributed by atoms with van der Waals surface area (Å²) in [7, 11) is 2.17. The van der Waals surface area contributed by atoms with Gasteiger partial charge in [-0.1, -0.05) is 12.1 Å². The molecule has 0 bridgehead atoms. The van der Waals surface area contributed by atoms with Crippen molar-refractivity contribution < 1.29 is 4.79 Å². The smallest absolute Gasteiger partial charge is 0.254 e. The second kappa shape index (κ2) is 9.14. The number of pyridine rings is 1. The molecular formula is C23H31N3O. The second-order valence-corrected chi connectivity index (χ2v) is 7.76. The lowest BCUT2D eigenvalue weighted by Gasteiger charge is -2.30. The SMILES string of the molecule is Cc1cc2c(cc1C)C(=O)N(CCCN(C)CCCc1cccnc1)CC2. The van der Waals surface area contributed by atoms with Crippen LogP contribution in [0.5, 0.6) is 0 Å². The van der Waals surface area contributed by atoms with Gasteiger partial charge in [-0.3, -0.25) is 9.78 Å². The van der Waals surface area contributed by atoms with E-state index in [2.05, 4.69) is 49.0 Å². The van der Waals surface area contributed by atoms with Crippen molar-refractivity contribution in [3.05, 3.63) is 64.5 Å². The Bertz CT molecular complexity index is 773. The molecule has 2 aromatic rings. The van der Waals surface area contributed by atoms with Crippen LogP contribution in [0.4, 0.5) is 0 Å². The number of amides is 1. The van der Waals surface area contributed by atoms with Gasteiger partial charge < -0.3 is 9.80 Å². The van der Waals surface area contributed by atoms with E-state index in [1.807, 2.05) is 23.4 Å². The fraction of sp³-hybridized carbons (Fsp3) is 0.478. The number of fused-ring (bicyclic) bond motifs is 1. The van der Waals surface area contributed by atoms with E-state index in [1.54, 1.807) is 0 Å². The van der Waals surface area contributed by atoms with Gasteiger partial charge in [0.15, 0.2) is 0 Å². The van der Waals surface area contributed by atoms with Crippen LogP contribution < -0.4 is 0 Å². The summed E-state index contributed by atoms with van der Waals surface area (Å²) in [5, 5.41) is 0. The molecule has 4 nitrogen and oxygen atoms in total. The molecule has 1 aliphatic heterocycles. The summed E-state index contributed by atoms with van der Waals surface area (Å²) in [6.07, 6.45) is 7.97. The fourth-order valence-electron chi connectivity index (χ4n) is 3.76. The van der Waals surface area contributed by atoms with Gasteiger partial charge in [-0.15, -0.1) is 0 Å². The Balaban J connectivity index is 1.41. The molecule has 1 amide bonds. The lowest BCUT2D eigenvalue weighted by atomic mass is 9.94. The normalized spacial score (nSPS) is 13.9. The average Bonchev–Trinajstić information content (AvgIpc) is 2.66. The molecule has 0 fully saturated rings. The summed E-state index contributed by atoms with van der Waals surface area (Å²) >= 11 is 0. The second-order valence-electron chi connectivity index (χ2n) is 7.76. The van der Waals surface area contributed by atoms with Crippen molar-refractivity contribution in [2.45, 2.75) is 39.5 Å². The largest absolute Gasteiger partial charge is 0.338 e. The van der Waals surface area contributed by atoms with E-state index < -0.39 is 0 Å². The molecule has 0 radical (unpaired) electrons. The van der Waals surface area contributed by atoms with Crippen LogP contribution in [0, 0.1) is 13.8 Å². The highest BCUT2D eigenvalue weighted by molar-refractivity contribution is 5.97. The molecule has 2 heterocycles. The molecule has 0 atom stereocenters. The first-order valence-corrected chi connectivity index (χ1v) is 10.0. The van der Waals surface area contributed by atoms with Crippen LogP contribution in [0.3, 0.4) is 0 Å². The molecule has 1 aromatic carbocycles. The molecular weight excluding hydrogens is 334 g/mol. The van der Waals surface area contributed by atoms with E-state index in [0.29, 0.717) is 0 Å². The van der Waals surface area contributed by atoms with Crippen LogP contribution in [-0.4, -0.2) is 53.9 Å². The molecule has 4 heteroatoms. The topological polar surface area (TPSA) is 36.4 Å². The predicted molar refractivity (Wildman–Crippen MR) is 110 cm³/mol. The molecule has 0 saturated carbocycles. The first-order chi connectivity index (χ1) is 13.0. The maximum Gasteiger partial charge on any atom is 0.254 e. The highest BCUT2D eigenvalue weighted by atomic mass is 16.2. The van der Waals surface area contributed by atoms with E-state index in [-0.39, 0.29) is 5.91 Å². The summed E-state index contributed by atoms with van der Waals surface area (Å²) in [5.74, 6) is 0.207. The Kier molecular flexibility index (Phi) is 6.62. The minimum Gasteiger partial charge on any atom is -0.338 e. The van der Waals surface area contributed by atoms with E-state index in [4.69, 9.17) is 0 Å².